The van der Waals surface area contributed by atoms with Crippen molar-refractivity contribution in [2.75, 3.05) is 0 Å². The average Bonchev–Trinajstić information content (AvgIpc) is 2.81. The van der Waals surface area contributed by atoms with E-state index in [4.69, 9.17) is 11.6 Å². The third kappa shape index (κ3) is 2.86. The van der Waals surface area contributed by atoms with E-state index >= 15 is 0 Å². The molecule has 3 rings (SSSR count). The Labute approximate surface area is 123 Å². The lowest BCUT2D eigenvalue weighted by Gasteiger charge is -2.27. The van der Waals surface area contributed by atoms with Crippen molar-refractivity contribution in [3.63, 3.8) is 0 Å². The molecule has 1 unspecified atom stereocenters. The highest BCUT2D eigenvalue weighted by molar-refractivity contribution is 7.16. The molecule has 0 radical (unpaired) electrons. The first-order valence-corrected chi connectivity index (χ1v) is 8.02. The van der Waals surface area contributed by atoms with Gasteiger partial charge in [0.15, 0.2) is 0 Å². The number of hydrogen-bond donors (Lipinski definition) is 1. The third-order valence-electron chi connectivity index (χ3n) is 3.83. The minimum Gasteiger partial charge on any atom is -0.303 e. The number of aryl methyl sites for hydroxylation is 1. The summed E-state index contributed by atoms with van der Waals surface area (Å²) in [6.45, 7) is 2.23. The fraction of sp³-hybridized carbons (Fsp3) is 0.375. The molecule has 1 nitrogen and oxygen atoms in total. The highest BCUT2D eigenvalue weighted by atomic mass is 35.5. The van der Waals surface area contributed by atoms with Crippen LogP contribution in [-0.2, 0) is 6.42 Å². The first-order valence-electron chi connectivity index (χ1n) is 6.83. The Balaban J connectivity index is 1.77. The number of benzene rings is 1. The largest absolute Gasteiger partial charge is 0.303 e. The number of halogens is 1. The van der Waals surface area contributed by atoms with E-state index < -0.39 is 0 Å². The standard InChI is InChI=1S/C16H18ClNS/c1-11(12-6-3-2-4-7-12)18-14-8-5-9-15-13(14)10-16(17)19-15/h2-4,6-7,10-11,14,18H,5,8-9H2,1H3/t11-,14?/m0/s1. The molecule has 100 valence electrons. The molecule has 2 atom stereocenters. The minimum absolute atomic E-state index is 0.371. The van der Waals surface area contributed by atoms with Gasteiger partial charge in [-0.1, -0.05) is 41.9 Å². The molecule has 1 N–H and O–H groups in total. The van der Waals surface area contributed by atoms with Crippen molar-refractivity contribution in [1.29, 1.82) is 0 Å². The van der Waals surface area contributed by atoms with Crippen LogP contribution in [0.4, 0.5) is 0 Å². The number of nitrogens with one attached hydrogen (secondary N) is 1. The van der Waals surface area contributed by atoms with Gasteiger partial charge in [-0.05, 0) is 43.4 Å². The summed E-state index contributed by atoms with van der Waals surface area (Å²) in [7, 11) is 0. The van der Waals surface area contributed by atoms with Crippen LogP contribution in [0.15, 0.2) is 36.4 Å². The molecular weight excluding hydrogens is 274 g/mol. The number of hydrogen-bond acceptors (Lipinski definition) is 2. The van der Waals surface area contributed by atoms with Gasteiger partial charge < -0.3 is 5.32 Å². The zero-order valence-corrected chi connectivity index (χ0v) is 12.6. The molecule has 1 aliphatic rings. The lowest BCUT2D eigenvalue weighted by molar-refractivity contribution is 0.418. The first-order chi connectivity index (χ1) is 9.24. The molecule has 0 saturated carbocycles. The van der Waals surface area contributed by atoms with Gasteiger partial charge in [0.25, 0.3) is 0 Å². The zero-order chi connectivity index (χ0) is 13.2. The second kappa shape index (κ2) is 5.66. The molecule has 0 fully saturated rings. The SMILES string of the molecule is C[C@H](NC1CCCc2sc(Cl)cc21)c1ccccc1. The van der Waals surface area contributed by atoms with Crippen LogP contribution >= 0.6 is 22.9 Å². The topological polar surface area (TPSA) is 12.0 Å². The van der Waals surface area contributed by atoms with Gasteiger partial charge in [-0.3, -0.25) is 0 Å². The van der Waals surface area contributed by atoms with Crippen molar-refractivity contribution in [3.05, 3.63) is 56.7 Å². The molecule has 1 aliphatic carbocycles. The number of thiophene rings is 1. The molecule has 19 heavy (non-hydrogen) atoms. The second-order valence-electron chi connectivity index (χ2n) is 5.17. The van der Waals surface area contributed by atoms with Gasteiger partial charge >= 0.3 is 0 Å². The molecule has 3 heteroatoms. The molecule has 1 heterocycles. The number of fused-ring (bicyclic) bond motifs is 1. The van der Waals surface area contributed by atoms with Crippen molar-refractivity contribution in [2.45, 2.75) is 38.3 Å². The Hall–Kier alpha value is -0.830. The molecule has 1 aromatic heterocycles. The maximum absolute atomic E-state index is 6.16. The van der Waals surface area contributed by atoms with Gasteiger partial charge in [-0.25, -0.2) is 0 Å². The van der Waals surface area contributed by atoms with Crippen molar-refractivity contribution in [2.24, 2.45) is 0 Å². The average molecular weight is 292 g/mol. The fourth-order valence-electron chi connectivity index (χ4n) is 2.83. The van der Waals surface area contributed by atoms with E-state index in [1.807, 2.05) is 0 Å². The smallest absolute Gasteiger partial charge is 0.0934 e. The van der Waals surface area contributed by atoms with Crippen LogP contribution in [0.5, 0.6) is 0 Å². The van der Waals surface area contributed by atoms with Crippen LogP contribution in [0.1, 0.15) is 47.9 Å². The van der Waals surface area contributed by atoms with Crippen LogP contribution in [0.25, 0.3) is 0 Å². The van der Waals surface area contributed by atoms with E-state index in [0.717, 1.165) is 4.34 Å². The third-order valence-corrected chi connectivity index (χ3v) is 5.17. The molecule has 2 aromatic rings. The molecule has 0 saturated heterocycles. The van der Waals surface area contributed by atoms with Crippen molar-refractivity contribution in [3.8, 4) is 0 Å². The normalized spacial score (nSPS) is 20.0. The maximum atomic E-state index is 6.16. The van der Waals surface area contributed by atoms with Crippen molar-refractivity contribution in [1.82, 2.24) is 5.32 Å². The van der Waals surface area contributed by atoms with Crippen molar-refractivity contribution >= 4 is 22.9 Å². The molecule has 0 amide bonds. The molecule has 0 bridgehead atoms. The Bertz CT molecular complexity index is 549. The van der Waals surface area contributed by atoms with Crippen LogP contribution in [0, 0.1) is 0 Å². The van der Waals surface area contributed by atoms with E-state index in [1.54, 1.807) is 11.3 Å². The monoisotopic (exact) mass is 291 g/mol. The molecule has 0 aliphatic heterocycles. The molecule has 1 aromatic carbocycles. The van der Waals surface area contributed by atoms with Crippen LogP contribution in [0.3, 0.4) is 0 Å². The maximum Gasteiger partial charge on any atom is 0.0934 e. The summed E-state index contributed by atoms with van der Waals surface area (Å²) >= 11 is 7.90. The van der Waals surface area contributed by atoms with Gasteiger partial charge in [-0.2, -0.15) is 0 Å². The van der Waals surface area contributed by atoms with Gasteiger partial charge in [-0.15, -0.1) is 11.3 Å². The predicted octanol–water partition coefficient (Wildman–Crippen LogP) is 5.13. The Morgan fingerprint density at radius 3 is 2.89 bits per heavy atom. The highest BCUT2D eigenvalue weighted by Crippen LogP contribution is 2.38. The van der Waals surface area contributed by atoms with Gasteiger partial charge in [0, 0.05) is 17.0 Å². The molecule has 0 spiro atoms. The molecular formula is C16H18ClNS. The summed E-state index contributed by atoms with van der Waals surface area (Å²) < 4.78 is 0.922. The first kappa shape index (κ1) is 13.2. The predicted molar refractivity (Wildman–Crippen MR) is 83.0 cm³/mol. The Kier molecular flexibility index (Phi) is 3.92. The van der Waals surface area contributed by atoms with E-state index in [-0.39, 0.29) is 0 Å². The number of rotatable bonds is 3. The van der Waals surface area contributed by atoms with Gasteiger partial charge in [0.2, 0.25) is 0 Å². The Morgan fingerprint density at radius 1 is 1.32 bits per heavy atom. The Morgan fingerprint density at radius 2 is 2.11 bits per heavy atom. The zero-order valence-electron chi connectivity index (χ0n) is 11.0. The summed E-state index contributed by atoms with van der Waals surface area (Å²) in [5.74, 6) is 0. The highest BCUT2D eigenvalue weighted by Gasteiger charge is 2.24. The van der Waals surface area contributed by atoms with E-state index in [9.17, 15) is 0 Å². The lowest BCUT2D eigenvalue weighted by Crippen LogP contribution is -2.27. The van der Waals surface area contributed by atoms with Crippen LogP contribution in [0.2, 0.25) is 4.34 Å². The van der Waals surface area contributed by atoms with Gasteiger partial charge in [0.05, 0.1) is 4.34 Å². The second-order valence-corrected chi connectivity index (χ2v) is 6.94. The fourth-order valence-corrected chi connectivity index (χ4v) is 4.22. The van der Waals surface area contributed by atoms with Crippen LogP contribution in [-0.4, -0.2) is 0 Å². The van der Waals surface area contributed by atoms with Crippen molar-refractivity contribution < 1.29 is 0 Å². The van der Waals surface area contributed by atoms with Crippen LogP contribution < -0.4 is 5.32 Å². The van der Waals surface area contributed by atoms with E-state index in [0.29, 0.717) is 12.1 Å². The summed E-state index contributed by atoms with van der Waals surface area (Å²) in [4.78, 5) is 1.47. The van der Waals surface area contributed by atoms with E-state index in [2.05, 4.69) is 48.6 Å². The minimum atomic E-state index is 0.371. The quantitative estimate of drug-likeness (QED) is 0.826. The summed E-state index contributed by atoms with van der Waals surface area (Å²) in [5, 5.41) is 3.75. The summed E-state index contributed by atoms with van der Waals surface area (Å²) in [6.07, 6.45) is 3.64. The summed E-state index contributed by atoms with van der Waals surface area (Å²) in [6, 6.07) is 13.6. The van der Waals surface area contributed by atoms with Gasteiger partial charge in [0.1, 0.15) is 0 Å². The lowest BCUT2D eigenvalue weighted by atomic mass is 9.93. The van der Waals surface area contributed by atoms with E-state index in [1.165, 1.54) is 35.3 Å². The summed E-state index contributed by atoms with van der Waals surface area (Å²) in [5.41, 5.74) is 2.76.